The van der Waals surface area contributed by atoms with Gasteiger partial charge >= 0.3 is 0 Å². The van der Waals surface area contributed by atoms with E-state index in [0.717, 1.165) is 30.2 Å². The highest BCUT2D eigenvalue weighted by Crippen LogP contribution is 2.21. The summed E-state index contributed by atoms with van der Waals surface area (Å²) in [6, 6.07) is 1.97. The Morgan fingerprint density at radius 3 is 2.92 bits per heavy atom. The van der Waals surface area contributed by atoms with E-state index in [2.05, 4.69) is 9.27 Å². The first-order valence-electron chi connectivity index (χ1n) is 4.59. The van der Waals surface area contributed by atoms with Crippen molar-refractivity contribution in [2.45, 2.75) is 19.4 Å². The van der Waals surface area contributed by atoms with Crippen LogP contribution in [-0.2, 0) is 0 Å². The molecule has 2 rings (SSSR count). The van der Waals surface area contributed by atoms with Crippen LogP contribution in [0.25, 0.3) is 0 Å². The van der Waals surface area contributed by atoms with Gasteiger partial charge in [0.1, 0.15) is 6.10 Å². The zero-order chi connectivity index (χ0) is 9.26. The quantitative estimate of drug-likeness (QED) is 0.792. The first kappa shape index (κ1) is 9.12. The fraction of sp³-hybridized carbons (Fsp3) is 0.667. The lowest BCUT2D eigenvalue weighted by Gasteiger charge is -2.32. The first-order valence-corrected chi connectivity index (χ1v) is 5.36. The molecule has 4 heteroatoms. The van der Waals surface area contributed by atoms with Crippen LogP contribution < -0.4 is 0 Å². The van der Waals surface area contributed by atoms with Crippen molar-refractivity contribution < 1.29 is 5.11 Å². The van der Waals surface area contributed by atoms with Crippen molar-refractivity contribution in [1.29, 1.82) is 0 Å². The molecule has 1 aliphatic rings. The Kier molecular flexibility index (Phi) is 2.62. The van der Waals surface area contributed by atoms with Crippen molar-refractivity contribution in [1.82, 2.24) is 9.27 Å². The van der Waals surface area contributed by atoms with E-state index in [1.807, 2.05) is 13.0 Å². The van der Waals surface area contributed by atoms with Gasteiger partial charge < -0.3 is 10.0 Å². The Balaban J connectivity index is 1.92. The van der Waals surface area contributed by atoms with E-state index in [-0.39, 0.29) is 6.10 Å². The number of aryl methyl sites for hydroxylation is 1. The predicted octanol–water partition coefficient (Wildman–Crippen LogP) is 1.19. The maximum Gasteiger partial charge on any atom is 0.102 e. The Bertz CT molecular complexity index is 283. The molecule has 3 nitrogen and oxygen atoms in total. The normalized spacial score (nSPS) is 19.8. The van der Waals surface area contributed by atoms with Gasteiger partial charge in [-0.2, -0.15) is 4.37 Å². The molecule has 1 unspecified atom stereocenters. The minimum Gasteiger partial charge on any atom is -0.386 e. The van der Waals surface area contributed by atoms with Crippen LogP contribution in [-0.4, -0.2) is 34.0 Å². The summed E-state index contributed by atoms with van der Waals surface area (Å²) in [4.78, 5) is 3.25. The van der Waals surface area contributed by atoms with Crippen molar-refractivity contribution in [3.8, 4) is 0 Å². The summed E-state index contributed by atoms with van der Waals surface area (Å²) in [7, 11) is 0. The van der Waals surface area contributed by atoms with Crippen molar-refractivity contribution in [2.75, 3.05) is 19.6 Å². The van der Waals surface area contributed by atoms with Crippen molar-refractivity contribution in [3.05, 3.63) is 16.6 Å². The molecule has 0 spiro atoms. The summed E-state index contributed by atoms with van der Waals surface area (Å²) < 4.78 is 4.15. The average molecular weight is 198 g/mol. The standard InChI is InChI=1S/C9H14N2OS/c1-7-5-9(13-10-7)8(12)6-11-3-2-4-11/h5,8,12H,2-4,6H2,1H3. The fourth-order valence-electron chi connectivity index (χ4n) is 1.44. The van der Waals surface area contributed by atoms with Gasteiger partial charge in [-0.3, -0.25) is 0 Å². The van der Waals surface area contributed by atoms with Gasteiger partial charge in [0.15, 0.2) is 0 Å². The van der Waals surface area contributed by atoms with Crippen LogP contribution in [0.5, 0.6) is 0 Å². The highest BCUT2D eigenvalue weighted by molar-refractivity contribution is 7.05. The average Bonchev–Trinajstić information content (AvgIpc) is 2.44. The monoisotopic (exact) mass is 198 g/mol. The molecule has 1 N–H and O–H groups in total. The first-order chi connectivity index (χ1) is 6.25. The van der Waals surface area contributed by atoms with Crippen molar-refractivity contribution in [3.63, 3.8) is 0 Å². The van der Waals surface area contributed by atoms with Crippen LogP contribution >= 0.6 is 11.5 Å². The van der Waals surface area contributed by atoms with Crippen LogP contribution in [0.2, 0.25) is 0 Å². The van der Waals surface area contributed by atoms with Gasteiger partial charge in [0.2, 0.25) is 0 Å². The minimum atomic E-state index is -0.341. The maximum atomic E-state index is 9.80. The molecule has 0 aliphatic carbocycles. The predicted molar refractivity (Wildman–Crippen MR) is 52.9 cm³/mol. The van der Waals surface area contributed by atoms with E-state index < -0.39 is 0 Å². The van der Waals surface area contributed by atoms with Gasteiger partial charge in [-0.05, 0) is 44.0 Å². The molecular weight excluding hydrogens is 184 g/mol. The zero-order valence-electron chi connectivity index (χ0n) is 7.73. The molecule has 1 aromatic rings. The molecule has 1 aliphatic heterocycles. The van der Waals surface area contributed by atoms with Crippen molar-refractivity contribution >= 4 is 11.5 Å². The topological polar surface area (TPSA) is 36.4 Å². The van der Waals surface area contributed by atoms with E-state index in [4.69, 9.17) is 0 Å². The third-order valence-electron chi connectivity index (χ3n) is 2.35. The molecule has 2 heterocycles. The highest BCUT2D eigenvalue weighted by atomic mass is 32.1. The molecule has 0 saturated carbocycles. The lowest BCUT2D eigenvalue weighted by Crippen LogP contribution is -2.39. The molecular formula is C9H14N2OS. The molecule has 1 atom stereocenters. The molecule has 1 fully saturated rings. The van der Waals surface area contributed by atoms with Gasteiger partial charge in [0.05, 0.1) is 10.6 Å². The van der Waals surface area contributed by atoms with E-state index in [1.165, 1.54) is 18.0 Å². The molecule has 72 valence electrons. The Morgan fingerprint density at radius 1 is 1.69 bits per heavy atom. The fourth-order valence-corrected chi connectivity index (χ4v) is 2.16. The number of aromatic nitrogens is 1. The molecule has 0 aromatic carbocycles. The van der Waals surface area contributed by atoms with Crippen molar-refractivity contribution in [2.24, 2.45) is 0 Å². The van der Waals surface area contributed by atoms with Crippen LogP contribution in [0, 0.1) is 6.92 Å². The van der Waals surface area contributed by atoms with Crippen LogP contribution in [0.15, 0.2) is 6.07 Å². The number of aliphatic hydroxyl groups is 1. The van der Waals surface area contributed by atoms with Gasteiger partial charge in [-0.1, -0.05) is 0 Å². The molecule has 1 aromatic heterocycles. The largest absolute Gasteiger partial charge is 0.386 e. The number of likely N-dealkylation sites (tertiary alicyclic amines) is 1. The molecule has 0 amide bonds. The van der Waals surface area contributed by atoms with Gasteiger partial charge in [0.25, 0.3) is 0 Å². The lowest BCUT2D eigenvalue weighted by molar-refractivity contribution is 0.0808. The summed E-state index contributed by atoms with van der Waals surface area (Å²) >= 11 is 1.41. The van der Waals surface area contributed by atoms with Gasteiger partial charge in [-0.15, -0.1) is 0 Å². The van der Waals surface area contributed by atoms with E-state index >= 15 is 0 Å². The minimum absolute atomic E-state index is 0.341. The molecule has 13 heavy (non-hydrogen) atoms. The molecule has 1 saturated heterocycles. The highest BCUT2D eigenvalue weighted by Gasteiger charge is 2.19. The van der Waals surface area contributed by atoms with Gasteiger partial charge in [-0.25, -0.2) is 0 Å². The van der Waals surface area contributed by atoms with Crippen LogP contribution in [0.4, 0.5) is 0 Å². The number of rotatable bonds is 3. The Hall–Kier alpha value is -0.450. The second-order valence-corrected chi connectivity index (χ2v) is 4.38. The van der Waals surface area contributed by atoms with Crippen LogP contribution in [0.1, 0.15) is 23.1 Å². The maximum absolute atomic E-state index is 9.80. The second kappa shape index (κ2) is 3.74. The Labute approximate surface area is 82.2 Å². The van der Waals surface area contributed by atoms with Crippen LogP contribution in [0.3, 0.4) is 0 Å². The third kappa shape index (κ3) is 2.07. The number of nitrogens with zero attached hydrogens (tertiary/aromatic N) is 2. The van der Waals surface area contributed by atoms with E-state index in [1.54, 1.807) is 0 Å². The second-order valence-electron chi connectivity index (χ2n) is 3.54. The summed E-state index contributed by atoms with van der Waals surface area (Å²) in [5, 5.41) is 9.80. The summed E-state index contributed by atoms with van der Waals surface area (Å²) in [5.74, 6) is 0. The van der Waals surface area contributed by atoms with Gasteiger partial charge in [0, 0.05) is 6.54 Å². The number of β-amino-alcohol motifs (C(OH)–C–C–N with tert-alkyl or cyclic N) is 1. The summed E-state index contributed by atoms with van der Waals surface area (Å²) in [6.45, 7) is 4.99. The molecule has 0 radical (unpaired) electrons. The smallest absolute Gasteiger partial charge is 0.102 e. The summed E-state index contributed by atoms with van der Waals surface area (Å²) in [5.41, 5.74) is 1.00. The number of aliphatic hydroxyl groups excluding tert-OH is 1. The third-order valence-corrected chi connectivity index (χ3v) is 3.33. The number of hydrogen-bond donors (Lipinski definition) is 1. The number of hydrogen-bond acceptors (Lipinski definition) is 4. The molecule has 0 bridgehead atoms. The summed E-state index contributed by atoms with van der Waals surface area (Å²) in [6.07, 6.45) is 0.931. The zero-order valence-corrected chi connectivity index (χ0v) is 8.55. The lowest BCUT2D eigenvalue weighted by atomic mass is 10.2. The Morgan fingerprint density at radius 2 is 2.46 bits per heavy atom. The van der Waals surface area contributed by atoms with E-state index in [0.29, 0.717) is 0 Å². The van der Waals surface area contributed by atoms with E-state index in [9.17, 15) is 5.11 Å². The SMILES string of the molecule is Cc1cc(C(O)CN2CCC2)sn1.